The molecule has 0 aliphatic carbocycles. The SMILES string of the molecule is Nc1ccc(Cl)c(OCc2cccc(Cl)c2)c1. The van der Waals surface area contributed by atoms with E-state index in [4.69, 9.17) is 33.7 Å². The lowest BCUT2D eigenvalue weighted by atomic mass is 10.2. The molecule has 0 heterocycles. The van der Waals surface area contributed by atoms with Crippen LogP contribution in [-0.2, 0) is 6.61 Å². The van der Waals surface area contributed by atoms with Crippen LogP contribution in [0.2, 0.25) is 10.0 Å². The largest absolute Gasteiger partial charge is 0.487 e. The summed E-state index contributed by atoms with van der Waals surface area (Å²) in [7, 11) is 0. The predicted molar refractivity (Wildman–Crippen MR) is 71.6 cm³/mol. The van der Waals surface area contributed by atoms with Gasteiger partial charge in [-0.3, -0.25) is 0 Å². The molecule has 0 bridgehead atoms. The van der Waals surface area contributed by atoms with E-state index in [0.717, 1.165) is 5.56 Å². The van der Waals surface area contributed by atoms with E-state index < -0.39 is 0 Å². The monoisotopic (exact) mass is 267 g/mol. The molecule has 4 heteroatoms. The molecule has 2 rings (SSSR count). The number of anilines is 1. The molecule has 0 amide bonds. The van der Waals surface area contributed by atoms with E-state index in [2.05, 4.69) is 0 Å². The minimum absolute atomic E-state index is 0.406. The number of nitrogens with two attached hydrogens (primary N) is 1. The van der Waals surface area contributed by atoms with Crippen LogP contribution >= 0.6 is 23.2 Å². The van der Waals surface area contributed by atoms with Crippen molar-refractivity contribution < 1.29 is 4.74 Å². The number of hydrogen-bond donors (Lipinski definition) is 1. The highest BCUT2D eigenvalue weighted by atomic mass is 35.5. The summed E-state index contributed by atoms with van der Waals surface area (Å²) in [6.45, 7) is 0.406. The van der Waals surface area contributed by atoms with Crippen molar-refractivity contribution in [3.05, 3.63) is 58.1 Å². The van der Waals surface area contributed by atoms with Gasteiger partial charge >= 0.3 is 0 Å². The minimum Gasteiger partial charge on any atom is -0.487 e. The molecule has 0 spiro atoms. The predicted octanol–water partition coefficient (Wildman–Crippen LogP) is 4.15. The van der Waals surface area contributed by atoms with E-state index in [1.807, 2.05) is 24.3 Å². The van der Waals surface area contributed by atoms with Gasteiger partial charge in [-0.05, 0) is 29.8 Å². The molecule has 0 saturated heterocycles. The summed E-state index contributed by atoms with van der Waals surface area (Å²) in [5.41, 5.74) is 7.26. The van der Waals surface area contributed by atoms with Gasteiger partial charge in [-0.2, -0.15) is 0 Å². The van der Waals surface area contributed by atoms with Crippen LogP contribution in [0, 0.1) is 0 Å². The van der Waals surface area contributed by atoms with E-state index >= 15 is 0 Å². The van der Waals surface area contributed by atoms with E-state index in [9.17, 15) is 0 Å². The second-order valence-corrected chi connectivity index (χ2v) is 4.45. The van der Waals surface area contributed by atoms with Gasteiger partial charge < -0.3 is 10.5 Å². The maximum absolute atomic E-state index is 5.99. The van der Waals surface area contributed by atoms with Crippen molar-refractivity contribution in [2.75, 3.05) is 5.73 Å². The molecule has 17 heavy (non-hydrogen) atoms. The topological polar surface area (TPSA) is 35.2 Å². The van der Waals surface area contributed by atoms with Crippen molar-refractivity contribution in [3.63, 3.8) is 0 Å². The molecule has 0 radical (unpaired) electrons. The van der Waals surface area contributed by atoms with Gasteiger partial charge in [0.2, 0.25) is 0 Å². The minimum atomic E-state index is 0.406. The van der Waals surface area contributed by atoms with Crippen LogP contribution in [0.25, 0.3) is 0 Å². The van der Waals surface area contributed by atoms with E-state index in [0.29, 0.717) is 28.1 Å². The fraction of sp³-hybridized carbons (Fsp3) is 0.0769. The van der Waals surface area contributed by atoms with Crippen molar-refractivity contribution in [2.24, 2.45) is 0 Å². The molecule has 0 atom stereocenters. The molecule has 0 aromatic heterocycles. The molecule has 2 aromatic rings. The zero-order valence-corrected chi connectivity index (χ0v) is 10.5. The highest BCUT2D eigenvalue weighted by Crippen LogP contribution is 2.27. The van der Waals surface area contributed by atoms with Crippen molar-refractivity contribution in [3.8, 4) is 5.75 Å². The number of ether oxygens (including phenoxy) is 1. The zero-order chi connectivity index (χ0) is 12.3. The molecule has 0 saturated carbocycles. The summed E-state index contributed by atoms with van der Waals surface area (Å²) >= 11 is 11.9. The number of benzene rings is 2. The van der Waals surface area contributed by atoms with Crippen LogP contribution in [0.4, 0.5) is 5.69 Å². The highest BCUT2D eigenvalue weighted by molar-refractivity contribution is 6.32. The maximum Gasteiger partial charge on any atom is 0.140 e. The second-order valence-electron chi connectivity index (χ2n) is 3.61. The first kappa shape index (κ1) is 12.1. The Morgan fingerprint density at radius 2 is 1.88 bits per heavy atom. The van der Waals surface area contributed by atoms with Gasteiger partial charge in [-0.1, -0.05) is 35.3 Å². The summed E-state index contributed by atoms with van der Waals surface area (Å²) < 4.78 is 5.59. The van der Waals surface area contributed by atoms with Crippen LogP contribution in [0.15, 0.2) is 42.5 Å². The molecule has 0 fully saturated rings. The Morgan fingerprint density at radius 1 is 1.06 bits per heavy atom. The number of hydrogen-bond acceptors (Lipinski definition) is 2. The first-order chi connectivity index (χ1) is 8.15. The Kier molecular flexibility index (Phi) is 3.77. The van der Waals surface area contributed by atoms with Crippen LogP contribution in [0.5, 0.6) is 5.75 Å². The third kappa shape index (κ3) is 3.29. The smallest absolute Gasteiger partial charge is 0.140 e. The van der Waals surface area contributed by atoms with Crippen molar-refractivity contribution in [1.82, 2.24) is 0 Å². The van der Waals surface area contributed by atoms with E-state index in [-0.39, 0.29) is 0 Å². The molecular weight excluding hydrogens is 257 g/mol. The molecule has 2 aromatic carbocycles. The van der Waals surface area contributed by atoms with Crippen LogP contribution in [0.3, 0.4) is 0 Å². The lowest BCUT2D eigenvalue weighted by molar-refractivity contribution is 0.306. The van der Waals surface area contributed by atoms with Crippen molar-refractivity contribution in [1.29, 1.82) is 0 Å². The highest BCUT2D eigenvalue weighted by Gasteiger charge is 2.02. The van der Waals surface area contributed by atoms with Gasteiger partial charge in [0.05, 0.1) is 5.02 Å². The van der Waals surface area contributed by atoms with E-state index in [1.165, 1.54) is 0 Å². The van der Waals surface area contributed by atoms with E-state index in [1.54, 1.807) is 18.2 Å². The zero-order valence-electron chi connectivity index (χ0n) is 8.99. The molecular formula is C13H11Cl2NO. The molecule has 0 aliphatic rings. The Labute approximate surface area is 110 Å². The molecule has 2 N–H and O–H groups in total. The Morgan fingerprint density at radius 3 is 2.65 bits per heavy atom. The summed E-state index contributed by atoms with van der Waals surface area (Å²) in [4.78, 5) is 0. The second kappa shape index (κ2) is 5.30. The first-order valence-electron chi connectivity index (χ1n) is 5.07. The van der Waals surface area contributed by atoms with Gasteiger partial charge in [0, 0.05) is 16.8 Å². The summed E-state index contributed by atoms with van der Waals surface area (Å²) in [5, 5.41) is 1.23. The third-order valence-corrected chi connectivity index (χ3v) is 2.79. The van der Waals surface area contributed by atoms with Crippen LogP contribution in [-0.4, -0.2) is 0 Å². The molecule has 0 unspecified atom stereocenters. The van der Waals surface area contributed by atoms with Gasteiger partial charge in [-0.15, -0.1) is 0 Å². The number of nitrogen functional groups attached to an aromatic ring is 1. The quantitative estimate of drug-likeness (QED) is 0.848. The first-order valence-corrected chi connectivity index (χ1v) is 5.83. The lowest BCUT2D eigenvalue weighted by Gasteiger charge is -2.09. The summed E-state index contributed by atoms with van der Waals surface area (Å²) in [5.74, 6) is 0.576. The van der Waals surface area contributed by atoms with Crippen molar-refractivity contribution >= 4 is 28.9 Å². The Hall–Kier alpha value is -1.38. The lowest BCUT2D eigenvalue weighted by Crippen LogP contribution is -1.96. The number of rotatable bonds is 3. The third-order valence-electron chi connectivity index (χ3n) is 2.24. The maximum atomic E-state index is 5.99. The average molecular weight is 268 g/mol. The summed E-state index contributed by atoms with van der Waals surface area (Å²) in [6.07, 6.45) is 0. The molecule has 0 aliphatic heterocycles. The average Bonchev–Trinajstić information content (AvgIpc) is 2.30. The summed E-state index contributed by atoms with van der Waals surface area (Å²) in [6, 6.07) is 12.6. The van der Waals surface area contributed by atoms with Gasteiger partial charge in [0.15, 0.2) is 0 Å². The van der Waals surface area contributed by atoms with Gasteiger partial charge in [-0.25, -0.2) is 0 Å². The van der Waals surface area contributed by atoms with Crippen molar-refractivity contribution in [2.45, 2.75) is 6.61 Å². The fourth-order valence-electron chi connectivity index (χ4n) is 1.42. The van der Waals surface area contributed by atoms with Gasteiger partial charge in [0.25, 0.3) is 0 Å². The Balaban J connectivity index is 2.09. The number of halogens is 2. The van der Waals surface area contributed by atoms with Crippen LogP contribution in [0.1, 0.15) is 5.56 Å². The Bertz CT molecular complexity index is 529. The molecule has 2 nitrogen and oxygen atoms in total. The normalized spacial score (nSPS) is 10.2. The molecule has 88 valence electrons. The standard InChI is InChI=1S/C13H11Cl2NO/c14-10-3-1-2-9(6-10)8-17-13-7-11(16)4-5-12(13)15/h1-7H,8,16H2. The fourth-order valence-corrected chi connectivity index (χ4v) is 1.80. The van der Waals surface area contributed by atoms with Crippen LogP contribution < -0.4 is 10.5 Å². The van der Waals surface area contributed by atoms with Gasteiger partial charge in [0.1, 0.15) is 12.4 Å².